The standard InChI is InChI=1S/C19H28O10/c1-6-7-8-9-24-19-18(28-14(5)23)17(27-13(4)22)16(26-12(3)21)15(29-19)10-25-11(2)20/h6,15-19H,1,7-10H2,2-5H3/t15?,16-,17?,18-,19+/m0/s1. The van der Waals surface area contributed by atoms with Crippen LogP contribution >= 0.6 is 0 Å². The fourth-order valence-electron chi connectivity index (χ4n) is 2.75. The number of allylic oxidation sites excluding steroid dienone is 1. The van der Waals surface area contributed by atoms with Gasteiger partial charge in [0.15, 0.2) is 24.6 Å². The second-order valence-corrected chi connectivity index (χ2v) is 6.37. The maximum absolute atomic E-state index is 11.7. The topological polar surface area (TPSA) is 124 Å². The van der Waals surface area contributed by atoms with E-state index in [-0.39, 0.29) is 13.2 Å². The van der Waals surface area contributed by atoms with E-state index in [0.717, 1.165) is 13.8 Å². The highest BCUT2D eigenvalue weighted by atomic mass is 16.7. The molecule has 0 aromatic rings. The molecule has 1 aliphatic heterocycles. The molecule has 10 heteroatoms. The maximum atomic E-state index is 11.7. The summed E-state index contributed by atoms with van der Waals surface area (Å²) in [4.78, 5) is 46.1. The third-order valence-corrected chi connectivity index (χ3v) is 3.78. The van der Waals surface area contributed by atoms with Crippen LogP contribution in [0.2, 0.25) is 0 Å². The molecule has 1 rings (SSSR count). The summed E-state index contributed by atoms with van der Waals surface area (Å²) < 4.78 is 32.3. The van der Waals surface area contributed by atoms with Crippen molar-refractivity contribution in [1.29, 1.82) is 0 Å². The van der Waals surface area contributed by atoms with E-state index < -0.39 is 54.6 Å². The highest BCUT2D eigenvalue weighted by Gasteiger charge is 2.52. The van der Waals surface area contributed by atoms with Crippen LogP contribution in [0.25, 0.3) is 0 Å². The molecule has 5 atom stereocenters. The van der Waals surface area contributed by atoms with Crippen LogP contribution < -0.4 is 0 Å². The van der Waals surface area contributed by atoms with Gasteiger partial charge in [-0.25, -0.2) is 0 Å². The zero-order valence-electron chi connectivity index (χ0n) is 17.1. The second kappa shape index (κ2) is 12.2. The number of ether oxygens (including phenoxy) is 6. The molecule has 0 aliphatic carbocycles. The van der Waals surface area contributed by atoms with Crippen molar-refractivity contribution in [1.82, 2.24) is 0 Å². The summed E-state index contributed by atoms with van der Waals surface area (Å²) in [5, 5.41) is 0. The van der Waals surface area contributed by atoms with Gasteiger partial charge >= 0.3 is 23.9 Å². The summed E-state index contributed by atoms with van der Waals surface area (Å²) in [5.74, 6) is -2.63. The first-order valence-corrected chi connectivity index (χ1v) is 9.18. The lowest BCUT2D eigenvalue weighted by atomic mass is 9.98. The fourth-order valence-corrected chi connectivity index (χ4v) is 2.75. The lowest BCUT2D eigenvalue weighted by Crippen LogP contribution is -2.63. The van der Waals surface area contributed by atoms with E-state index in [1.54, 1.807) is 6.08 Å². The van der Waals surface area contributed by atoms with Crippen LogP contribution in [0.4, 0.5) is 0 Å². The van der Waals surface area contributed by atoms with E-state index in [1.807, 2.05) is 0 Å². The third kappa shape index (κ3) is 8.61. The Kier molecular flexibility index (Phi) is 10.3. The van der Waals surface area contributed by atoms with Crippen molar-refractivity contribution in [3.8, 4) is 0 Å². The summed E-state index contributed by atoms with van der Waals surface area (Å²) in [6.07, 6.45) is -2.73. The molecule has 29 heavy (non-hydrogen) atoms. The Morgan fingerprint density at radius 2 is 1.41 bits per heavy atom. The average molecular weight is 416 g/mol. The predicted octanol–water partition coefficient (Wildman–Crippen LogP) is 1.05. The molecule has 0 N–H and O–H groups in total. The summed E-state index contributed by atoms with van der Waals surface area (Å²) in [6.45, 7) is 8.27. The molecule has 1 saturated heterocycles. The van der Waals surface area contributed by atoms with Gasteiger partial charge in [0.2, 0.25) is 0 Å². The van der Waals surface area contributed by atoms with Crippen molar-refractivity contribution < 1.29 is 47.6 Å². The number of carbonyl (C=O) groups excluding carboxylic acids is 4. The van der Waals surface area contributed by atoms with Gasteiger partial charge in [-0.2, -0.15) is 0 Å². The second-order valence-electron chi connectivity index (χ2n) is 6.37. The minimum Gasteiger partial charge on any atom is -0.463 e. The van der Waals surface area contributed by atoms with Crippen molar-refractivity contribution in [2.24, 2.45) is 0 Å². The normalized spacial score (nSPS) is 26.1. The van der Waals surface area contributed by atoms with Crippen LogP contribution in [0.1, 0.15) is 40.5 Å². The molecule has 0 radical (unpaired) electrons. The lowest BCUT2D eigenvalue weighted by molar-refractivity contribution is -0.308. The highest BCUT2D eigenvalue weighted by molar-refractivity contribution is 5.68. The van der Waals surface area contributed by atoms with Crippen LogP contribution in [0, 0.1) is 0 Å². The van der Waals surface area contributed by atoms with E-state index in [4.69, 9.17) is 28.4 Å². The van der Waals surface area contributed by atoms with Gasteiger partial charge in [-0.1, -0.05) is 6.08 Å². The zero-order valence-corrected chi connectivity index (χ0v) is 17.1. The van der Waals surface area contributed by atoms with Gasteiger partial charge in [-0.15, -0.1) is 6.58 Å². The van der Waals surface area contributed by atoms with Gasteiger partial charge < -0.3 is 28.4 Å². The molecule has 0 aromatic heterocycles. The van der Waals surface area contributed by atoms with Crippen molar-refractivity contribution in [2.45, 2.75) is 71.2 Å². The first-order valence-electron chi connectivity index (χ1n) is 9.18. The van der Waals surface area contributed by atoms with Gasteiger partial charge in [0.25, 0.3) is 0 Å². The van der Waals surface area contributed by atoms with E-state index in [0.29, 0.717) is 12.8 Å². The number of rotatable bonds is 10. The maximum Gasteiger partial charge on any atom is 0.303 e. The monoisotopic (exact) mass is 416 g/mol. The number of unbranched alkanes of at least 4 members (excludes halogenated alkanes) is 1. The molecule has 0 amide bonds. The third-order valence-electron chi connectivity index (χ3n) is 3.78. The SMILES string of the molecule is C=CCCCO[C@@H]1OC(COC(C)=O)[C@H](OC(C)=O)C(OC(C)=O)[C@@H]1OC(C)=O. The smallest absolute Gasteiger partial charge is 0.303 e. The summed E-state index contributed by atoms with van der Waals surface area (Å²) in [7, 11) is 0. The van der Waals surface area contributed by atoms with Gasteiger partial charge in [-0.05, 0) is 12.8 Å². The largest absolute Gasteiger partial charge is 0.463 e. The van der Waals surface area contributed by atoms with E-state index >= 15 is 0 Å². The molecular weight excluding hydrogens is 388 g/mol. The molecule has 1 fully saturated rings. The summed E-state index contributed by atoms with van der Waals surface area (Å²) >= 11 is 0. The van der Waals surface area contributed by atoms with Crippen LogP contribution in [0.15, 0.2) is 12.7 Å². The van der Waals surface area contributed by atoms with Crippen LogP contribution in [-0.2, 0) is 47.6 Å². The van der Waals surface area contributed by atoms with Gasteiger partial charge in [0.1, 0.15) is 12.7 Å². The molecule has 0 aromatic carbocycles. The Hall–Kier alpha value is -2.46. The van der Waals surface area contributed by atoms with Gasteiger partial charge in [0, 0.05) is 27.7 Å². The average Bonchev–Trinajstić information content (AvgIpc) is 2.60. The first kappa shape index (κ1) is 24.6. The molecule has 0 spiro atoms. The molecule has 164 valence electrons. The first-order chi connectivity index (χ1) is 13.6. The molecular formula is C19H28O10. The quantitative estimate of drug-likeness (QED) is 0.221. The highest BCUT2D eigenvalue weighted by Crippen LogP contribution is 2.30. The summed E-state index contributed by atoms with van der Waals surface area (Å²) in [5.41, 5.74) is 0. The predicted molar refractivity (Wildman–Crippen MR) is 97.3 cm³/mol. The van der Waals surface area contributed by atoms with Crippen molar-refractivity contribution in [3.05, 3.63) is 12.7 Å². The Balaban J connectivity index is 3.19. The minimum absolute atomic E-state index is 0.236. The molecule has 10 nitrogen and oxygen atoms in total. The van der Waals surface area contributed by atoms with E-state index in [1.165, 1.54) is 13.8 Å². The Morgan fingerprint density at radius 1 is 0.862 bits per heavy atom. The summed E-state index contributed by atoms with van der Waals surface area (Å²) in [6, 6.07) is 0. The van der Waals surface area contributed by atoms with Crippen molar-refractivity contribution in [2.75, 3.05) is 13.2 Å². The minimum atomic E-state index is -1.22. The molecule has 0 saturated carbocycles. The van der Waals surface area contributed by atoms with E-state index in [2.05, 4.69) is 6.58 Å². The van der Waals surface area contributed by atoms with Crippen LogP contribution in [0.5, 0.6) is 0 Å². The molecule has 1 heterocycles. The molecule has 0 bridgehead atoms. The Labute approximate surface area is 169 Å². The lowest BCUT2D eigenvalue weighted by Gasteiger charge is -2.44. The van der Waals surface area contributed by atoms with Crippen LogP contribution in [-0.4, -0.2) is 67.8 Å². The van der Waals surface area contributed by atoms with Crippen LogP contribution in [0.3, 0.4) is 0 Å². The van der Waals surface area contributed by atoms with Gasteiger partial charge in [-0.3, -0.25) is 19.2 Å². The Morgan fingerprint density at radius 3 is 1.93 bits per heavy atom. The fraction of sp³-hybridized carbons (Fsp3) is 0.684. The number of carbonyl (C=O) groups is 4. The number of esters is 4. The van der Waals surface area contributed by atoms with E-state index in [9.17, 15) is 19.2 Å². The number of hydrogen-bond donors (Lipinski definition) is 0. The van der Waals surface area contributed by atoms with Crippen molar-refractivity contribution in [3.63, 3.8) is 0 Å². The zero-order chi connectivity index (χ0) is 22.0. The Bertz CT molecular complexity index is 602. The molecule has 1 aliphatic rings. The van der Waals surface area contributed by atoms with Crippen molar-refractivity contribution >= 4 is 23.9 Å². The molecule has 2 unspecified atom stereocenters. The van der Waals surface area contributed by atoms with Gasteiger partial charge in [0.05, 0.1) is 6.61 Å². The number of hydrogen-bond acceptors (Lipinski definition) is 10.